The van der Waals surface area contributed by atoms with Crippen LogP contribution in [0.3, 0.4) is 0 Å². The van der Waals surface area contributed by atoms with Gasteiger partial charge in [0.2, 0.25) is 0 Å². The van der Waals surface area contributed by atoms with Crippen molar-refractivity contribution in [3.05, 3.63) is 41.3 Å². The quantitative estimate of drug-likeness (QED) is 0.916. The van der Waals surface area contributed by atoms with E-state index in [1.54, 1.807) is 12.1 Å². The number of hydrogen-bond donors (Lipinski definition) is 1. The first-order valence-electron chi connectivity index (χ1n) is 5.57. The first kappa shape index (κ1) is 13.9. The fourth-order valence-corrected chi connectivity index (χ4v) is 2.64. The third kappa shape index (κ3) is 3.71. The Morgan fingerprint density at radius 1 is 1.26 bits per heavy atom. The second-order valence-electron chi connectivity index (χ2n) is 3.89. The number of alkyl halides is 3. The van der Waals surface area contributed by atoms with Gasteiger partial charge >= 0.3 is 6.36 Å². The number of hydrogen-bond acceptors (Lipinski definition) is 3. The first-order chi connectivity index (χ1) is 8.99. The van der Waals surface area contributed by atoms with E-state index in [0.29, 0.717) is 12.1 Å². The third-order valence-corrected chi connectivity index (χ3v) is 3.43. The van der Waals surface area contributed by atoms with Crippen molar-refractivity contribution in [2.24, 2.45) is 0 Å². The lowest BCUT2D eigenvalue weighted by atomic mass is 10.1. The molecule has 0 aliphatic carbocycles. The van der Waals surface area contributed by atoms with Crippen LogP contribution in [-0.2, 0) is 6.54 Å². The summed E-state index contributed by atoms with van der Waals surface area (Å²) >= 11 is 1.40. The molecule has 0 saturated heterocycles. The number of rotatable bonds is 4. The molecule has 0 radical (unpaired) electrons. The topological polar surface area (TPSA) is 21.3 Å². The maximum Gasteiger partial charge on any atom is 0.573 e. The Hall–Kier alpha value is -1.53. The van der Waals surface area contributed by atoms with Crippen molar-refractivity contribution in [3.63, 3.8) is 0 Å². The van der Waals surface area contributed by atoms with E-state index >= 15 is 0 Å². The summed E-state index contributed by atoms with van der Waals surface area (Å²) in [7, 11) is 1.82. The van der Waals surface area contributed by atoms with E-state index in [0.717, 1.165) is 10.4 Å². The van der Waals surface area contributed by atoms with E-state index in [9.17, 15) is 13.2 Å². The summed E-state index contributed by atoms with van der Waals surface area (Å²) in [4.78, 5) is 0.755. The van der Waals surface area contributed by atoms with Crippen molar-refractivity contribution >= 4 is 11.3 Å². The van der Waals surface area contributed by atoms with Crippen LogP contribution >= 0.6 is 11.3 Å². The number of thiophene rings is 1. The number of nitrogens with one attached hydrogen (secondary N) is 1. The zero-order valence-corrected chi connectivity index (χ0v) is 10.9. The Labute approximate surface area is 112 Å². The molecule has 0 atom stereocenters. The Kier molecular flexibility index (Phi) is 4.11. The number of ether oxygens (including phenoxy) is 1. The summed E-state index contributed by atoms with van der Waals surface area (Å²) in [5, 5.41) is 4.91. The molecule has 0 saturated carbocycles. The first-order valence-corrected chi connectivity index (χ1v) is 6.45. The van der Waals surface area contributed by atoms with Crippen molar-refractivity contribution in [1.82, 2.24) is 5.32 Å². The molecule has 1 N–H and O–H groups in total. The Morgan fingerprint density at radius 2 is 2.00 bits per heavy atom. The molecule has 1 aromatic heterocycles. The average molecular weight is 287 g/mol. The number of halogens is 3. The Morgan fingerprint density at radius 3 is 2.68 bits per heavy atom. The van der Waals surface area contributed by atoms with Gasteiger partial charge in [0, 0.05) is 17.0 Å². The van der Waals surface area contributed by atoms with Crippen molar-refractivity contribution in [2.45, 2.75) is 12.9 Å². The molecule has 1 heterocycles. The minimum atomic E-state index is -4.68. The predicted molar refractivity (Wildman–Crippen MR) is 69.2 cm³/mol. The summed E-state index contributed by atoms with van der Waals surface area (Å²) in [5.74, 6) is -0.173. The molecule has 0 fully saturated rings. The van der Waals surface area contributed by atoms with Gasteiger partial charge in [0.05, 0.1) is 0 Å². The molecule has 2 aromatic rings. The van der Waals surface area contributed by atoms with Crippen molar-refractivity contribution in [3.8, 4) is 16.2 Å². The number of benzene rings is 1. The van der Waals surface area contributed by atoms with Gasteiger partial charge in [-0.3, -0.25) is 0 Å². The van der Waals surface area contributed by atoms with E-state index in [1.807, 2.05) is 18.5 Å². The molecule has 0 spiro atoms. The van der Waals surface area contributed by atoms with Gasteiger partial charge in [-0.15, -0.1) is 24.5 Å². The van der Waals surface area contributed by atoms with Crippen molar-refractivity contribution in [1.29, 1.82) is 0 Å². The SMILES string of the molecule is CNCc1csc(-c2ccccc2OC(F)(F)F)c1. The lowest BCUT2D eigenvalue weighted by Gasteiger charge is -2.12. The molecule has 1 aromatic carbocycles. The third-order valence-electron chi connectivity index (χ3n) is 2.41. The van der Waals surface area contributed by atoms with Crippen molar-refractivity contribution in [2.75, 3.05) is 7.05 Å². The van der Waals surface area contributed by atoms with Gasteiger partial charge in [-0.2, -0.15) is 0 Å². The lowest BCUT2D eigenvalue weighted by Crippen LogP contribution is -2.17. The van der Waals surface area contributed by atoms with E-state index in [-0.39, 0.29) is 5.75 Å². The summed E-state index contributed by atoms with van der Waals surface area (Å²) in [6.45, 7) is 0.679. The smallest absolute Gasteiger partial charge is 0.405 e. The highest BCUT2D eigenvalue weighted by Crippen LogP contribution is 2.36. The van der Waals surface area contributed by atoms with Gasteiger partial charge in [-0.25, -0.2) is 0 Å². The standard InChI is InChI=1S/C13H12F3NOS/c1-17-7-9-6-12(19-8-9)10-4-2-3-5-11(10)18-13(14,15)16/h2-6,8,17H,7H2,1H3. The maximum atomic E-state index is 12.3. The average Bonchev–Trinajstić information content (AvgIpc) is 2.76. The van der Waals surface area contributed by atoms with Gasteiger partial charge in [-0.05, 0) is 36.2 Å². The van der Waals surface area contributed by atoms with E-state index in [4.69, 9.17) is 0 Å². The molecular weight excluding hydrogens is 275 g/mol. The summed E-state index contributed by atoms with van der Waals surface area (Å²) in [6.07, 6.45) is -4.68. The lowest BCUT2D eigenvalue weighted by molar-refractivity contribution is -0.274. The highest BCUT2D eigenvalue weighted by atomic mass is 32.1. The Bertz CT molecular complexity index is 551. The number of para-hydroxylation sites is 1. The normalized spacial score (nSPS) is 11.6. The largest absolute Gasteiger partial charge is 0.573 e. The van der Waals surface area contributed by atoms with Gasteiger partial charge < -0.3 is 10.1 Å². The minimum Gasteiger partial charge on any atom is -0.405 e. The van der Waals surface area contributed by atoms with Gasteiger partial charge in [0.15, 0.2) is 0 Å². The summed E-state index contributed by atoms with van der Waals surface area (Å²) in [6, 6.07) is 8.01. The molecule has 2 rings (SSSR count). The molecular formula is C13H12F3NOS. The van der Waals surface area contributed by atoms with Crippen LogP contribution in [0, 0.1) is 0 Å². The van der Waals surface area contributed by atoms with Crippen LogP contribution in [0.15, 0.2) is 35.7 Å². The highest BCUT2D eigenvalue weighted by molar-refractivity contribution is 7.13. The molecule has 6 heteroatoms. The fraction of sp³-hybridized carbons (Fsp3) is 0.231. The monoisotopic (exact) mass is 287 g/mol. The molecule has 0 aliphatic rings. The zero-order chi connectivity index (χ0) is 13.9. The van der Waals surface area contributed by atoms with Crippen LogP contribution < -0.4 is 10.1 Å². The summed E-state index contributed by atoms with van der Waals surface area (Å²) in [5.41, 5.74) is 1.48. The van der Waals surface area contributed by atoms with Gasteiger partial charge in [0.1, 0.15) is 5.75 Å². The Balaban J connectivity index is 2.32. The zero-order valence-electron chi connectivity index (χ0n) is 10.1. The second-order valence-corrected chi connectivity index (χ2v) is 4.80. The minimum absolute atomic E-state index is 0.173. The van der Waals surface area contributed by atoms with Crippen LogP contribution in [0.2, 0.25) is 0 Å². The van der Waals surface area contributed by atoms with E-state index in [2.05, 4.69) is 10.1 Å². The predicted octanol–water partition coefficient (Wildman–Crippen LogP) is 4.03. The van der Waals surface area contributed by atoms with E-state index in [1.165, 1.54) is 23.5 Å². The van der Waals surface area contributed by atoms with Crippen LogP contribution in [0.4, 0.5) is 13.2 Å². The van der Waals surface area contributed by atoms with Gasteiger partial charge in [0.25, 0.3) is 0 Å². The van der Waals surface area contributed by atoms with Crippen molar-refractivity contribution < 1.29 is 17.9 Å². The van der Waals surface area contributed by atoms with Crippen LogP contribution in [-0.4, -0.2) is 13.4 Å². The van der Waals surface area contributed by atoms with E-state index < -0.39 is 6.36 Å². The second kappa shape index (κ2) is 5.63. The van der Waals surface area contributed by atoms with Crippen LogP contribution in [0.1, 0.15) is 5.56 Å². The maximum absolute atomic E-state index is 12.3. The molecule has 102 valence electrons. The molecule has 0 amide bonds. The molecule has 0 bridgehead atoms. The molecule has 19 heavy (non-hydrogen) atoms. The van der Waals surface area contributed by atoms with Gasteiger partial charge in [-0.1, -0.05) is 12.1 Å². The van der Waals surface area contributed by atoms with Crippen LogP contribution in [0.5, 0.6) is 5.75 Å². The van der Waals surface area contributed by atoms with Crippen LogP contribution in [0.25, 0.3) is 10.4 Å². The summed E-state index contributed by atoms with van der Waals surface area (Å²) < 4.78 is 41.1. The fourth-order valence-electron chi connectivity index (χ4n) is 1.70. The molecule has 0 unspecified atom stereocenters. The molecule has 2 nitrogen and oxygen atoms in total. The highest BCUT2D eigenvalue weighted by Gasteiger charge is 2.32. The molecule has 0 aliphatic heterocycles.